The number of hydrogen-bond acceptors (Lipinski definition) is 6. The Morgan fingerprint density at radius 1 is 1.35 bits per heavy atom. The van der Waals surface area contributed by atoms with Crippen LogP contribution in [-0.4, -0.2) is 71.2 Å². The van der Waals surface area contributed by atoms with Crippen LogP contribution >= 0.6 is 12.6 Å². The van der Waals surface area contributed by atoms with Crippen LogP contribution in [0.5, 0.6) is 0 Å². The zero-order valence-electron chi connectivity index (χ0n) is 13.7. The van der Waals surface area contributed by atoms with E-state index in [4.69, 9.17) is 9.84 Å². The Morgan fingerprint density at radius 2 is 1.96 bits per heavy atom. The molecule has 23 heavy (non-hydrogen) atoms. The summed E-state index contributed by atoms with van der Waals surface area (Å²) in [5.74, 6) is -1.14. The minimum Gasteiger partial charge on any atom is -0.481 e. The Kier molecular flexibility index (Phi) is 9.66. The van der Waals surface area contributed by atoms with Gasteiger partial charge in [-0.05, 0) is 6.92 Å². The first-order chi connectivity index (χ1) is 10.7. The molecule has 0 radical (unpaired) electrons. The number of likely N-dealkylation sites (N-methyl/N-ethyl adjacent to an activating group) is 1. The van der Waals surface area contributed by atoms with Gasteiger partial charge in [-0.25, -0.2) is 4.79 Å². The summed E-state index contributed by atoms with van der Waals surface area (Å²) in [5, 5.41) is 21.4. The van der Waals surface area contributed by atoms with Crippen LogP contribution in [0.2, 0.25) is 0 Å². The lowest BCUT2D eigenvalue weighted by molar-refractivity contribution is -0.149. The summed E-state index contributed by atoms with van der Waals surface area (Å²) < 4.78 is 4.98. The van der Waals surface area contributed by atoms with Gasteiger partial charge in [0.25, 0.3) is 5.91 Å². The SMILES string of the molecule is CCN(CCC(=O)O)C(=O)[C@H](O)C(C)(C)COC(=O)NCCS. The van der Waals surface area contributed by atoms with Crippen molar-refractivity contribution < 1.29 is 29.3 Å². The van der Waals surface area contributed by atoms with E-state index in [0.29, 0.717) is 12.3 Å². The fraction of sp³-hybridized carbons (Fsp3) is 0.786. The molecule has 0 heterocycles. The van der Waals surface area contributed by atoms with Crippen molar-refractivity contribution in [2.45, 2.75) is 33.3 Å². The second kappa shape index (κ2) is 10.3. The van der Waals surface area contributed by atoms with Crippen molar-refractivity contribution in [2.75, 3.05) is 32.0 Å². The van der Waals surface area contributed by atoms with Gasteiger partial charge in [-0.2, -0.15) is 12.6 Å². The zero-order valence-corrected chi connectivity index (χ0v) is 14.6. The minimum atomic E-state index is -1.41. The third-order valence-corrected chi connectivity index (χ3v) is 3.44. The van der Waals surface area contributed by atoms with Gasteiger partial charge in [0.15, 0.2) is 0 Å². The van der Waals surface area contributed by atoms with Gasteiger partial charge < -0.3 is 25.2 Å². The number of rotatable bonds is 10. The highest BCUT2D eigenvalue weighted by Crippen LogP contribution is 2.23. The number of aliphatic hydroxyl groups excluding tert-OH is 1. The lowest BCUT2D eigenvalue weighted by atomic mass is 9.86. The number of carbonyl (C=O) groups excluding carboxylic acids is 2. The van der Waals surface area contributed by atoms with E-state index in [9.17, 15) is 19.5 Å². The average Bonchev–Trinajstić information content (AvgIpc) is 2.50. The average molecular weight is 350 g/mol. The molecular formula is C14H26N2O6S. The van der Waals surface area contributed by atoms with E-state index in [1.165, 1.54) is 4.90 Å². The van der Waals surface area contributed by atoms with Crippen molar-refractivity contribution in [3.05, 3.63) is 0 Å². The first kappa shape index (κ1) is 21.5. The van der Waals surface area contributed by atoms with Crippen LogP contribution in [0.3, 0.4) is 0 Å². The Morgan fingerprint density at radius 3 is 2.43 bits per heavy atom. The summed E-state index contributed by atoms with van der Waals surface area (Å²) in [7, 11) is 0. The van der Waals surface area contributed by atoms with Crippen molar-refractivity contribution in [3.63, 3.8) is 0 Å². The summed E-state index contributed by atoms with van der Waals surface area (Å²) in [6, 6.07) is 0. The number of hydrogen-bond donors (Lipinski definition) is 4. The van der Waals surface area contributed by atoms with Crippen LogP contribution < -0.4 is 5.32 Å². The number of nitrogens with one attached hydrogen (secondary N) is 1. The van der Waals surface area contributed by atoms with Gasteiger partial charge in [0.1, 0.15) is 12.7 Å². The number of nitrogens with zero attached hydrogens (tertiary/aromatic N) is 1. The Balaban J connectivity index is 4.62. The van der Waals surface area contributed by atoms with Gasteiger partial charge in [0.05, 0.1) is 6.42 Å². The highest BCUT2D eigenvalue weighted by atomic mass is 32.1. The molecular weight excluding hydrogens is 324 g/mol. The number of ether oxygens (including phenoxy) is 1. The van der Waals surface area contributed by atoms with E-state index in [0.717, 1.165) is 0 Å². The number of aliphatic hydroxyl groups is 1. The summed E-state index contributed by atoms with van der Waals surface area (Å²) in [6.07, 6.45) is -2.26. The second-order valence-electron chi connectivity index (χ2n) is 5.68. The Hall–Kier alpha value is -1.48. The lowest BCUT2D eigenvalue weighted by Crippen LogP contribution is -2.49. The Bertz CT molecular complexity index is 416. The molecule has 0 aliphatic rings. The van der Waals surface area contributed by atoms with Crippen LogP contribution in [0.25, 0.3) is 0 Å². The number of amides is 2. The number of alkyl carbamates (subject to hydrolysis) is 1. The molecule has 1 atom stereocenters. The van der Waals surface area contributed by atoms with Crippen LogP contribution in [0, 0.1) is 5.41 Å². The quantitative estimate of drug-likeness (QED) is 0.423. The second-order valence-corrected chi connectivity index (χ2v) is 6.13. The molecule has 0 saturated heterocycles. The zero-order chi connectivity index (χ0) is 18.0. The van der Waals surface area contributed by atoms with Crippen LogP contribution in [0.4, 0.5) is 4.79 Å². The highest BCUT2D eigenvalue weighted by Gasteiger charge is 2.37. The molecule has 0 aromatic heterocycles. The molecule has 2 amide bonds. The molecule has 8 nitrogen and oxygen atoms in total. The molecule has 9 heteroatoms. The van der Waals surface area contributed by atoms with E-state index in [1.54, 1.807) is 20.8 Å². The molecule has 0 bridgehead atoms. The number of carboxylic acid groups (broad SMARTS) is 1. The molecule has 0 spiro atoms. The van der Waals surface area contributed by atoms with Gasteiger partial charge in [-0.3, -0.25) is 9.59 Å². The Labute approximate surface area is 141 Å². The predicted octanol–water partition coefficient (Wildman–Crippen LogP) is 0.353. The molecule has 0 aliphatic carbocycles. The molecule has 0 aromatic rings. The van der Waals surface area contributed by atoms with E-state index in [1.807, 2.05) is 0 Å². The van der Waals surface area contributed by atoms with Crippen molar-refractivity contribution in [2.24, 2.45) is 5.41 Å². The first-order valence-electron chi connectivity index (χ1n) is 7.35. The first-order valence-corrected chi connectivity index (χ1v) is 7.99. The highest BCUT2D eigenvalue weighted by molar-refractivity contribution is 7.80. The van der Waals surface area contributed by atoms with Gasteiger partial charge in [0, 0.05) is 30.8 Å². The van der Waals surface area contributed by atoms with Gasteiger partial charge in [-0.15, -0.1) is 0 Å². The van der Waals surface area contributed by atoms with Crippen molar-refractivity contribution in [1.29, 1.82) is 0 Å². The van der Waals surface area contributed by atoms with Crippen LogP contribution in [-0.2, 0) is 14.3 Å². The number of thiol groups is 1. The maximum Gasteiger partial charge on any atom is 0.407 e. The molecule has 0 fully saturated rings. The number of aliphatic carboxylic acids is 1. The third kappa shape index (κ3) is 8.08. The van der Waals surface area contributed by atoms with Crippen molar-refractivity contribution in [1.82, 2.24) is 10.2 Å². The summed E-state index contributed by atoms with van der Waals surface area (Å²) >= 11 is 3.95. The molecule has 0 unspecified atom stereocenters. The summed E-state index contributed by atoms with van der Waals surface area (Å²) in [6.45, 7) is 5.36. The van der Waals surface area contributed by atoms with E-state index >= 15 is 0 Å². The topological polar surface area (TPSA) is 116 Å². The third-order valence-electron chi connectivity index (χ3n) is 3.22. The standard InChI is InChI=1S/C14H26N2O6S/c1-4-16(7-5-10(17)18)12(20)11(19)14(2,3)9-22-13(21)15-6-8-23/h11,19,23H,4-9H2,1-3H3,(H,15,21)(H,17,18)/t11-/m0/s1. The molecule has 0 saturated carbocycles. The van der Waals surface area contributed by atoms with Crippen molar-refractivity contribution in [3.8, 4) is 0 Å². The number of carbonyl (C=O) groups is 3. The van der Waals surface area contributed by atoms with E-state index < -0.39 is 29.5 Å². The fourth-order valence-corrected chi connectivity index (χ4v) is 1.81. The maximum absolute atomic E-state index is 12.3. The van der Waals surface area contributed by atoms with Gasteiger partial charge in [0.2, 0.25) is 0 Å². The lowest BCUT2D eigenvalue weighted by Gasteiger charge is -2.32. The summed E-state index contributed by atoms with van der Waals surface area (Å²) in [5.41, 5.74) is -1.01. The van der Waals surface area contributed by atoms with Gasteiger partial charge >= 0.3 is 12.1 Å². The molecule has 0 rings (SSSR count). The molecule has 134 valence electrons. The normalized spacial score (nSPS) is 12.4. The molecule has 0 aliphatic heterocycles. The maximum atomic E-state index is 12.3. The van der Waals surface area contributed by atoms with Gasteiger partial charge in [-0.1, -0.05) is 13.8 Å². The molecule has 0 aromatic carbocycles. The van der Waals surface area contributed by atoms with Crippen LogP contribution in [0.1, 0.15) is 27.2 Å². The summed E-state index contributed by atoms with van der Waals surface area (Å²) in [4.78, 5) is 35.5. The van der Waals surface area contributed by atoms with E-state index in [-0.39, 0.29) is 26.1 Å². The molecule has 3 N–H and O–H groups in total. The van der Waals surface area contributed by atoms with E-state index in [2.05, 4.69) is 17.9 Å². The minimum absolute atomic E-state index is 0.0150. The fourth-order valence-electron chi connectivity index (χ4n) is 1.70. The van der Waals surface area contributed by atoms with Crippen molar-refractivity contribution >= 4 is 30.6 Å². The largest absolute Gasteiger partial charge is 0.481 e. The number of carboxylic acids is 1. The monoisotopic (exact) mass is 350 g/mol. The van der Waals surface area contributed by atoms with Crippen LogP contribution in [0.15, 0.2) is 0 Å². The smallest absolute Gasteiger partial charge is 0.407 e. The predicted molar refractivity (Wildman–Crippen MR) is 87.5 cm³/mol.